The fourth-order valence-electron chi connectivity index (χ4n) is 2.50. The van der Waals surface area contributed by atoms with Gasteiger partial charge in [0.1, 0.15) is 18.7 Å². The van der Waals surface area contributed by atoms with E-state index < -0.39 is 0 Å². The first-order valence-corrected chi connectivity index (χ1v) is 6.67. The molecule has 112 valence electrons. The predicted octanol–water partition coefficient (Wildman–Crippen LogP) is -0.882. The minimum Gasteiger partial charge on any atom is -1.00 e. The van der Waals surface area contributed by atoms with Gasteiger partial charge in [-0.15, -0.1) is 0 Å². The van der Waals surface area contributed by atoms with Gasteiger partial charge in [-0.3, -0.25) is 9.28 Å². The van der Waals surface area contributed by atoms with Gasteiger partial charge in [0, 0.05) is 6.92 Å². The molecule has 0 aliphatic carbocycles. The van der Waals surface area contributed by atoms with Gasteiger partial charge in [0.05, 0.1) is 13.7 Å². The van der Waals surface area contributed by atoms with E-state index in [1.807, 2.05) is 18.2 Å². The van der Waals surface area contributed by atoms with Crippen molar-refractivity contribution in [1.82, 2.24) is 0 Å². The van der Waals surface area contributed by atoms with E-state index in [9.17, 15) is 4.79 Å². The minimum atomic E-state index is -0.227. The van der Waals surface area contributed by atoms with Crippen LogP contribution in [0.2, 0.25) is 0 Å². The van der Waals surface area contributed by atoms with Crippen LogP contribution in [0, 0.1) is 0 Å². The number of ether oxygens (including phenoxy) is 2. The SMILES string of the molecule is CC(=O)OC[N+]1(C)CCOC(c2ccccc2)C1C.[Cl-]. The number of likely N-dealkylation sites (N-methyl/N-ethyl adjacent to an activating group) is 1. The van der Waals surface area contributed by atoms with Crippen LogP contribution in [0.3, 0.4) is 0 Å². The molecule has 1 saturated heterocycles. The van der Waals surface area contributed by atoms with Crippen LogP contribution >= 0.6 is 0 Å². The number of halogens is 1. The van der Waals surface area contributed by atoms with Crippen molar-refractivity contribution in [2.24, 2.45) is 0 Å². The highest BCUT2D eigenvalue weighted by Gasteiger charge is 2.41. The molecule has 3 unspecified atom stereocenters. The third kappa shape index (κ3) is 3.72. The number of benzene rings is 1. The molecule has 0 aromatic heterocycles. The highest BCUT2D eigenvalue weighted by atomic mass is 35.5. The summed E-state index contributed by atoms with van der Waals surface area (Å²) in [4.78, 5) is 11.0. The molecule has 1 heterocycles. The van der Waals surface area contributed by atoms with Crippen molar-refractivity contribution in [3.63, 3.8) is 0 Å². The van der Waals surface area contributed by atoms with Gasteiger partial charge in [-0.1, -0.05) is 30.3 Å². The van der Waals surface area contributed by atoms with Gasteiger partial charge in [0.2, 0.25) is 6.73 Å². The molecule has 0 saturated carbocycles. The Morgan fingerprint density at radius 2 is 2.05 bits per heavy atom. The number of carbonyl (C=O) groups is 1. The average Bonchev–Trinajstić information content (AvgIpc) is 2.41. The summed E-state index contributed by atoms with van der Waals surface area (Å²) in [5.74, 6) is -0.227. The normalized spacial score (nSPS) is 29.4. The molecular formula is C15H22ClNO3. The second-order valence-corrected chi connectivity index (χ2v) is 5.41. The number of nitrogens with zero attached hydrogens (tertiary/aromatic N) is 1. The molecule has 0 amide bonds. The quantitative estimate of drug-likeness (QED) is 0.537. The zero-order chi connectivity index (χ0) is 13.9. The van der Waals surface area contributed by atoms with Crippen LogP contribution in [0.25, 0.3) is 0 Å². The third-order valence-electron chi connectivity index (χ3n) is 4.01. The van der Waals surface area contributed by atoms with E-state index in [0.29, 0.717) is 17.8 Å². The molecule has 3 atom stereocenters. The van der Waals surface area contributed by atoms with Crippen LogP contribution in [0.15, 0.2) is 30.3 Å². The average molecular weight is 300 g/mol. The summed E-state index contributed by atoms with van der Waals surface area (Å²) in [7, 11) is 2.12. The Labute approximate surface area is 126 Å². The smallest absolute Gasteiger partial charge is 0.306 e. The van der Waals surface area contributed by atoms with E-state index in [-0.39, 0.29) is 30.5 Å². The molecule has 1 aromatic carbocycles. The number of hydrogen-bond donors (Lipinski definition) is 0. The van der Waals surface area contributed by atoms with E-state index in [1.54, 1.807) is 0 Å². The number of esters is 1. The molecule has 0 spiro atoms. The number of hydrogen-bond acceptors (Lipinski definition) is 3. The molecule has 1 aromatic rings. The van der Waals surface area contributed by atoms with Crippen LogP contribution < -0.4 is 12.4 Å². The standard InChI is InChI=1S/C15H22NO3.ClH/c1-12-15(14-7-5-4-6-8-14)18-10-9-16(12,3)11-19-13(2)17;/h4-8,12,15H,9-11H2,1-3H3;1H/q+1;/p-1. The molecule has 20 heavy (non-hydrogen) atoms. The summed E-state index contributed by atoms with van der Waals surface area (Å²) < 4.78 is 11.8. The van der Waals surface area contributed by atoms with Gasteiger partial charge in [0.25, 0.3) is 0 Å². The van der Waals surface area contributed by atoms with Crippen molar-refractivity contribution in [3.8, 4) is 0 Å². The van der Waals surface area contributed by atoms with Gasteiger partial charge in [-0.2, -0.15) is 0 Å². The molecule has 1 fully saturated rings. The van der Waals surface area contributed by atoms with Crippen LogP contribution in [-0.2, 0) is 14.3 Å². The Morgan fingerprint density at radius 1 is 1.40 bits per heavy atom. The van der Waals surface area contributed by atoms with Crippen molar-refractivity contribution in [2.45, 2.75) is 26.0 Å². The fourth-order valence-corrected chi connectivity index (χ4v) is 2.50. The molecule has 0 N–H and O–H groups in total. The van der Waals surface area contributed by atoms with E-state index in [1.165, 1.54) is 12.5 Å². The highest BCUT2D eigenvalue weighted by Crippen LogP contribution is 2.32. The predicted molar refractivity (Wildman–Crippen MR) is 72.3 cm³/mol. The largest absolute Gasteiger partial charge is 1.00 e. The fraction of sp³-hybridized carbons (Fsp3) is 0.533. The summed E-state index contributed by atoms with van der Waals surface area (Å²) in [5, 5.41) is 0. The lowest BCUT2D eigenvalue weighted by Crippen LogP contribution is -3.00. The van der Waals surface area contributed by atoms with E-state index in [4.69, 9.17) is 9.47 Å². The maximum atomic E-state index is 11.0. The van der Waals surface area contributed by atoms with Gasteiger partial charge in [-0.25, -0.2) is 0 Å². The summed E-state index contributed by atoms with van der Waals surface area (Å²) in [6.07, 6.45) is 0.0514. The third-order valence-corrected chi connectivity index (χ3v) is 4.01. The Kier molecular flexibility index (Phi) is 5.99. The Bertz CT molecular complexity index is 440. The Morgan fingerprint density at radius 3 is 2.65 bits per heavy atom. The lowest BCUT2D eigenvalue weighted by molar-refractivity contribution is -0.958. The second-order valence-electron chi connectivity index (χ2n) is 5.41. The van der Waals surface area contributed by atoms with Gasteiger partial charge in [-0.05, 0) is 12.5 Å². The second kappa shape index (κ2) is 7.07. The monoisotopic (exact) mass is 299 g/mol. The Hall–Kier alpha value is -1.10. The molecule has 0 radical (unpaired) electrons. The maximum absolute atomic E-state index is 11.0. The van der Waals surface area contributed by atoms with E-state index in [0.717, 1.165) is 6.54 Å². The van der Waals surface area contributed by atoms with Gasteiger partial charge >= 0.3 is 5.97 Å². The van der Waals surface area contributed by atoms with Crippen molar-refractivity contribution in [3.05, 3.63) is 35.9 Å². The minimum absolute atomic E-state index is 0. The van der Waals surface area contributed by atoms with Crippen molar-refractivity contribution in [1.29, 1.82) is 0 Å². The topological polar surface area (TPSA) is 35.5 Å². The van der Waals surface area contributed by atoms with Crippen molar-refractivity contribution in [2.75, 3.05) is 26.9 Å². The van der Waals surface area contributed by atoms with Gasteiger partial charge in [0.15, 0.2) is 0 Å². The summed E-state index contributed by atoms with van der Waals surface area (Å²) in [5.41, 5.74) is 1.18. The molecule has 0 bridgehead atoms. The number of rotatable bonds is 3. The van der Waals surface area contributed by atoms with E-state index in [2.05, 4.69) is 26.1 Å². The molecule has 5 heteroatoms. The van der Waals surface area contributed by atoms with E-state index >= 15 is 0 Å². The molecule has 4 nitrogen and oxygen atoms in total. The van der Waals surface area contributed by atoms with Gasteiger partial charge < -0.3 is 21.9 Å². The zero-order valence-electron chi connectivity index (χ0n) is 12.2. The van der Waals surface area contributed by atoms with Crippen molar-refractivity contribution < 1.29 is 31.2 Å². The molecule has 2 rings (SSSR count). The maximum Gasteiger partial charge on any atom is 0.306 e. The lowest BCUT2D eigenvalue weighted by atomic mass is 9.99. The highest BCUT2D eigenvalue weighted by molar-refractivity contribution is 5.65. The van der Waals surface area contributed by atoms with Crippen LogP contribution in [0.4, 0.5) is 0 Å². The Balaban J connectivity index is 0.00000200. The first kappa shape index (κ1) is 17.0. The lowest BCUT2D eigenvalue weighted by Gasteiger charge is -2.45. The molecule has 1 aliphatic rings. The molecular weight excluding hydrogens is 278 g/mol. The molecule has 1 aliphatic heterocycles. The number of carbonyl (C=O) groups excluding carboxylic acids is 1. The van der Waals surface area contributed by atoms with Crippen LogP contribution in [0.1, 0.15) is 25.5 Å². The number of morpholine rings is 1. The van der Waals surface area contributed by atoms with Crippen LogP contribution in [-0.4, -0.2) is 43.4 Å². The zero-order valence-corrected chi connectivity index (χ0v) is 13.0. The van der Waals surface area contributed by atoms with Crippen LogP contribution in [0.5, 0.6) is 0 Å². The number of quaternary nitrogens is 1. The summed E-state index contributed by atoms with van der Waals surface area (Å²) >= 11 is 0. The summed E-state index contributed by atoms with van der Waals surface area (Å²) in [6, 6.07) is 10.5. The first-order chi connectivity index (χ1) is 9.03. The first-order valence-electron chi connectivity index (χ1n) is 6.67. The van der Waals surface area contributed by atoms with Crippen molar-refractivity contribution >= 4 is 5.97 Å². The summed E-state index contributed by atoms with van der Waals surface area (Å²) in [6.45, 7) is 5.55.